The van der Waals surface area contributed by atoms with Gasteiger partial charge < -0.3 is 10.4 Å². The summed E-state index contributed by atoms with van der Waals surface area (Å²) >= 11 is 0. The predicted molar refractivity (Wildman–Crippen MR) is 75.9 cm³/mol. The van der Waals surface area contributed by atoms with Crippen molar-refractivity contribution in [1.29, 1.82) is 5.26 Å². The number of aromatic hydroxyl groups is 1. The van der Waals surface area contributed by atoms with Gasteiger partial charge in [0.25, 0.3) is 0 Å². The van der Waals surface area contributed by atoms with Crippen LogP contribution in [-0.2, 0) is 11.2 Å². The monoisotopic (exact) mass is 272 g/mol. The molecule has 0 bridgehead atoms. The van der Waals surface area contributed by atoms with Gasteiger partial charge in [-0.25, -0.2) is 0 Å². The van der Waals surface area contributed by atoms with E-state index in [2.05, 4.69) is 18.3 Å². The van der Waals surface area contributed by atoms with E-state index in [1.165, 1.54) is 0 Å². The number of para-hydroxylation sites is 1. The molecule has 2 rings (SSSR count). The molecule has 0 aromatic heterocycles. The molecular weight excluding hydrogens is 252 g/mol. The van der Waals surface area contributed by atoms with E-state index in [0.717, 1.165) is 12.8 Å². The molecule has 0 atom stereocenters. The summed E-state index contributed by atoms with van der Waals surface area (Å²) < 4.78 is 0. The topological polar surface area (TPSA) is 73.1 Å². The third-order valence-electron chi connectivity index (χ3n) is 4.06. The van der Waals surface area contributed by atoms with E-state index < -0.39 is 5.54 Å². The third kappa shape index (κ3) is 3.30. The lowest BCUT2D eigenvalue weighted by atomic mass is 9.78. The number of hydrogen-bond donors (Lipinski definition) is 2. The molecule has 1 aromatic rings. The molecule has 2 N–H and O–H groups in total. The Morgan fingerprint density at radius 3 is 2.70 bits per heavy atom. The van der Waals surface area contributed by atoms with Crippen molar-refractivity contribution < 1.29 is 9.90 Å². The summed E-state index contributed by atoms with van der Waals surface area (Å²) in [5, 5.41) is 21.9. The summed E-state index contributed by atoms with van der Waals surface area (Å²) in [5.74, 6) is 0.528. The molecule has 4 nitrogen and oxygen atoms in total. The average Bonchev–Trinajstić information content (AvgIpc) is 2.44. The van der Waals surface area contributed by atoms with Crippen LogP contribution in [0.5, 0.6) is 5.75 Å². The fourth-order valence-electron chi connectivity index (χ4n) is 2.66. The number of nitriles is 1. The highest BCUT2D eigenvalue weighted by Gasteiger charge is 2.35. The van der Waals surface area contributed by atoms with E-state index in [1.54, 1.807) is 24.3 Å². The number of phenolic OH excluding ortho intramolecular Hbond substituents is 1. The molecule has 1 aliphatic rings. The number of carbonyl (C=O) groups excluding carboxylic acids is 1. The molecule has 1 aliphatic carbocycles. The number of nitrogens with zero attached hydrogens (tertiary/aromatic N) is 1. The highest BCUT2D eigenvalue weighted by Crippen LogP contribution is 2.31. The van der Waals surface area contributed by atoms with Crippen molar-refractivity contribution in [1.82, 2.24) is 5.32 Å². The van der Waals surface area contributed by atoms with Crippen LogP contribution in [0.15, 0.2) is 24.3 Å². The van der Waals surface area contributed by atoms with Gasteiger partial charge in [0.05, 0.1) is 12.5 Å². The van der Waals surface area contributed by atoms with Crippen LogP contribution in [0.1, 0.15) is 38.2 Å². The highest BCUT2D eigenvalue weighted by molar-refractivity contribution is 5.80. The van der Waals surface area contributed by atoms with Crippen molar-refractivity contribution in [2.24, 2.45) is 5.92 Å². The summed E-state index contributed by atoms with van der Waals surface area (Å²) in [6.07, 6.45) is 3.44. The molecule has 1 fully saturated rings. The van der Waals surface area contributed by atoms with Gasteiger partial charge in [-0.05, 0) is 37.7 Å². The molecule has 106 valence electrons. The standard InChI is InChI=1S/C16H20N2O2/c1-12-6-8-16(11-17,9-7-12)18-15(20)10-13-4-2-3-5-14(13)19/h2-5,12,19H,6-10H2,1H3,(H,18,20). The van der Waals surface area contributed by atoms with Crippen LogP contribution in [0.3, 0.4) is 0 Å². The molecule has 1 amide bonds. The van der Waals surface area contributed by atoms with Gasteiger partial charge in [-0.3, -0.25) is 4.79 Å². The highest BCUT2D eigenvalue weighted by atomic mass is 16.3. The minimum atomic E-state index is -0.728. The van der Waals surface area contributed by atoms with Gasteiger partial charge >= 0.3 is 0 Å². The fourth-order valence-corrected chi connectivity index (χ4v) is 2.66. The summed E-state index contributed by atoms with van der Waals surface area (Å²) in [4.78, 5) is 12.1. The van der Waals surface area contributed by atoms with E-state index in [-0.39, 0.29) is 18.1 Å². The zero-order valence-electron chi connectivity index (χ0n) is 11.7. The normalized spacial score (nSPS) is 25.7. The average molecular weight is 272 g/mol. The van der Waals surface area contributed by atoms with Crippen molar-refractivity contribution in [3.8, 4) is 11.8 Å². The van der Waals surface area contributed by atoms with E-state index in [1.807, 2.05) is 0 Å². The summed E-state index contributed by atoms with van der Waals surface area (Å²) in [5.41, 5.74) is -0.143. The van der Waals surface area contributed by atoms with Crippen LogP contribution in [0, 0.1) is 17.2 Å². The molecule has 0 radical (unpaired) electrons. The predicted octanol–water partition coefficient (Wildman–Crippen LogP) is 2.52. The molecule has 4 heteroatoms. The van der Waals surface area contributed by atoms with Crippen LogP contribution in [0.4, 0.5) is 0 Å². The Morgan fingerprint density at radius 2 is 2.10 bits per heavy atom. The Balaban J connectivity index is 2.00. The lowest BCUT2D eigenvalue weighted by Crippen LogP contribution is -2.50. The molecule has 0 unspecified atom stereocenters. The minimum Gasteiger partial charge on any atom is -0.508 e. The van der Waals surface area contributed by atoms with Gasteiger partial charge in [0.2, 0.25) is 5.91 Å². The van der Waals surface area contributed by atoms with Crippen LogP contribution < -0.4 is 5.32 Å². The van der Waals surface area contributed by atoms with Gasteiger partial charge in [-0.2, -0.15) is 5.26 Å². The van der Waals surface area contributed by atoms with E-state index in [9.17, 15) is 15.2 Å². The number of carbonyl (C=O) groups is 1. The zero-order valence-corrected chi connectivity index (χ0v) is 11.7. The number of phenols is 1. The molecule has 1 aromatic carbocycles. The van der Waals surface area contributed by atoms with Crippen LogP contribution in [0.2, 0.25) is 0 Å². The van der Waals surface area contributed by atoms with Gasteiger partial charge in [-0.1, -0.05) is 25.1 Å². The van der Waals surface area contributed by atoms with Gasteiger partial charge in [0.15, 0.2) is 0 Å². The van der Waals surface area contributed by atoms with E-state index in [0.29, 0.717) is 24.3 Å². The Kier molecular flexibility index (Phi) is 4.29. The SMILES string of the molecule is CC1CCC(C#N)(NC(=O)Cc2ccccc2O)CC1. The molecule has 0 spiro atoms. The first-order valence-corrected chi connectivity index (χ1v) is 7.04. The first-order valence-electron chi connectivity index (χ1n) is 7.04. The first-order chi connectivity index (χ1) is 9.54. The Labute approximate surface area is 119 Å². The smallest absolute Gasteiger partial charge is 0.225 e. The minimum absolute atomic E-state index is 0.103. The van der Waals surface area contributed by atoms with Crippen molar-refractivity contribution in [3.05, 3.63) is 29.8 Å². The Hall–Kier alpha value is -2.02. The molecule has 1 saturated carbocycles. The molecule has 0 aliphatic heterocycles. The second kappa shape index (κ2) is 5.96. The second-order valence-electron chi connectivity index (χ2n) is 5.73. The van der Waals surface area contributed by atoms with Gasteiger partial charge in [-0.15, -0.1) is 0 Å². The van der Waals surface area contributed by atoms with Gasteiger partial charge in [0.1, 0.15) is 11.3 Å². The Morgan fingerprint density at radius 1 is 1.45 bits per heavy atom. The third-order valence-corrected chi connectivity index (χ3v) is 4.06. The lowest BCUT2D eigenvalue weighted by Gasteiger charge is -2.34. The van der Waals surface area contributed by atoms with Crippen molar-refractivity contribution in [2.45, 2.75) is 44.6 Å². The fraction of sp³-hybridized carbons (Fsp3) is 0.500. The number of benzene rings is 1. The summed E-state index contributed by atoms with van der Waals surface area (Å²) in [6, 6.07) is 9.06. The Bertz CT molecular complexity index is 526. The molecular formula is C16H20N2O2. The number of hydrogen-bond acceptors (Lipinski definition) is 3. The van der Waals surface area contributed by atoms with Crippen LogP contribution >= 0.6 is 0 Å². The van der Waals surface area contributed by atoms with E-state index >= 15 is 0 Å². The molecule has 20 heavy (non-hydrogen) atoms. The van der Waals surface area contributed by atoms with Crippen molar-refractivity contribution in [3.63, 3.8) is 0 Å². The van der Waals surface area contributed by atoms with E-state index in [4.69, 9.17) is 0 Å². The van der Waals surface area contributed by atoms with Crippen molar-refractivity contribution in [2.75, 3.05) is 0 Å². The zero-order chi connectivity index (χ0) is 14.6. The quantitative estimate of drug-likeness (QED) is 0.888. The molecule has 0 saturated heterocycles. The maximum Gasteiger partial charge on any atom is 0.225 e. The number of nitrogens with one attached hydrogen (secondary N) is 1. The summed E-state index contributed by atoms with van der Waals surface area (Å²) in [7, 11) is 0. The van der Waals surface area contributed by atoms with Crippen LogP contribution in [0.25, 0.3) is 0 Å². The van der Waals surface area contributed by atoms with Crippen molar-refractivity contribution >= 4 is 5.91 Å². The summed E-state index contributed by atoms with van der Waals surface area (Å²) in [6.45, 7) is 2.17. The first kappa shape index (κ1) is 14.4. The maximum absolute atomic E-state index is 12.1. The molecule has 0 heterocycles. The van der Waals surface area contributed by atoms with Gasteiger partial charge in [0, 0.05) is 5.56 Å². The number of amides is 1. The second-order valence-corrected chi connectivity index (χ2v) is 5.73. The lowest BCUT2D eigenvalue weighted by molar-refractivity contribution is -0.122. The number of rotatable bonds is 3. The largest absolute Gasteiger partial charge is 0.508 e. The van der Waals surface area contributed by atoms with Crippen LogP contribution in [-0.4, -0.2) is 16.6 Å². The maximum atomic E-state index is 12.1.